The first-order valence-electron chi connectivity index (χ1n) is 8.83. The predicted molar refractivity (Wildman–Crippen MR) is 99.4 cm³/mol. The number of hydrogen-bond acceptors (Lipinski definition) is 2. The van der Waals surface area contributed by atoms with Gasteiger partial charge >= 0.3 is 0 Å². The van der Waals surface area contributed by atoms with Crippen molar-refractivity contribution in [2.45, 2.75) is 33.2 Å². The summed E-state index contributed by atoms with van der Waals surface area (Å²) in [6.07, 6.45) is 2.37. The van der Waals surface area contributed by atoms with Crippen molar-refractivity contribution in [1.82, 2.24) is 5.32 Å². The number of anilines is 1. The van der Waals surface area contributed by atoms with Crippen molar-refractivity contribution in [2.75, 3.05) is 18.0 Å². The second-order valence-electron chi connectivity index (χ2n) is 6.95. The van der Waals surface area contributed by atoms with Crippen LogP contribution in [0.4, 0.5) is 5.69 Å². The predicted octanol–water partition coefficient (Wildman–Crippen LogP) is 4.03. The molecule has 0 aliphatic carbocycles. The maximum atomic E-state index is 12.1. The van der Waals surface area contributed by atoms with E-state index in [0.29, 0.717) is 12.5 Å². The topological polar surface area (TPSA) is 32.3 Å². The quantitative estimate of drug-likeness (QED) is 0.901. The van der Waals surface area contributed by atoms with Crippen molar-refractivity contribution in [3.05, 3.63) is 65.2 Å². The fourth-order valence-electron chi connectivity index (χ4n) is 3.16. The summed E-state index contributed by atoms with van der Waals surface area (Å²) in [6.45, 7) is 6.89. The Morgan fingerprint density at radius 1 is 1.12 bits per heavy atom. The van der Waals surface area contributed by atoms with Crippen LogP contribution in [0.3, 0.4) is 0 Å². The Hall–Kier alpha value is -2.29. The summed E-state index contributed by atoms with van der Waals surface area (Å²) >= 11 is 0. The molecule has 0 fully saturated rings. The van der Waals surface area contributed by atoms with Gasteiger partial charge in [0.25, 0.3) is 5.91 Å². The lowest BCUT2D eigenvalue weighted by molar-refractivity contribution is 0.0949. The molecule has 1 aliphatic heterocycles. The smallest absolute Gasteiger partial charge is 0.251 e. The number of para-hydroxylation sites is 1. The third kappa shape index (κ3) is 3.97. The zero-order valence-corrected chi connectivity index (χ0v) is 14.6. The van der Waals surface area contributed by atoms with Crippen LogP contribution in [0.2, 0.25) is 0 Å². The highest BCUT2D eigenvalue weighted by Crippen LogP contribution is 2.28. The molecule has 2 aromatic carbocycles. The molecule has 0 atom stereocenters. The van der Waals surface area contributed by atoms with E-state index >= 15 is 0 Å². The van der Waals surface area contributed by atoms with Crippen LogP contribution in [-0.2, 0) is 13.0 Å². The highest BCUT2D eigenvalue weighted by molar-refractivity contribution is 5.94. The van der Waals surface area contributed by atoms with Crippen LogP contribution < -0.4 is 10.2 Å². The largest absolute Gasteiger partial charge is 0.367 e. The Balaban J connectivity index is 1.66. The second-order valence-corrected chi connectivity index (χ2v) is 6.95. The molecule has 3 nitrogen and oxygen atoms in total. The number of nitrogens with zero attached hydrogens (tertiary/aromatic N) is 1. The standard InChI is InChI=1S/C21H26N2O/c1-16(2)14-22-21(24)19-11-9-17(10-12-19)15-23-13-5-7-18-6-3-4-8-20(18)23/h3-4,6,8-12,16H,5,7,13-15H2,1-2H3,(H,22,24). The van der Waals surface area contributed by atoms with Gasteiger partial charge in [-0.25, -0.2) is 0 Å². The van der Waals surface area contributed by atoms with E-state index in [9.17, 15) is 4.79 Å². The average molecular weight is 322 g/mol. The van der Waals surface area contributed by atoms with Gasteiger partial charge in [0.15, 0.2) is 0 Å². The number of benzene rings is 2. The van der Waals surface area contributed by atoms with Crippen molar-refractivity contribution in [3.8, 4) is 0 Å². The van der Waals surface area contributed by atoms with E-state index in [-0.39, 0.29) is 5.91 Å². The molecule has 0 radical (unpaired) electrons. The van der Waals surface area contributed by atoms with E-state index < -0.39 is 0 Å². The number of carbonyl (C=O) groups is 1. The monoisotopic (exact) mass is 322 g/mol. The zero-order valence-electron chi connectivity index (χ0n) is 14.6. The molecule has 0 unspecified atom stereocenters. The number of amides is 1. The average Bonchev–Trinajstić information content (AvgIpc) is 2.60. The summed E-state index contributed by atoms with van der Waals surface area (Å²) in [5.74, 6) is 0.478. The van der Waals surface area contributed by atoms with Crippen LogP contribution in [0.5, 0.6) is 0 Å². The van der Waals surface area contributed by atoms with Gasteiger partial charge in [0.2, 0.25) is 0 Å². The minimum atomic E-state index is 0.0126. The molecule has 0 saturated carbocycles. The van der Waals surface area contributed by atoms with Gasteiger partial charge in [-0.3, -0.25) is 4.79 Å². The molecule has 1 amide bonds. The minimum absolute atomic E-state index is 0.0126. The highest BCUT2D eigenvalue weighted by Gasteiger charge is 2.16. The van der Waals surface area contributed by atoms with Crippen molar-refractivity contribution in [1.29, 1.82) is 0 Å². The molecule has 126 valence electrons. The number of rotatable bonds is 5. The minimum Gasteiger partial charge on any atom is -0.367 e. The van der Waals surface area contributed by atoms with Crippen molar-refractivity contribution in [3.63, 3.8) is 0 Å². The number of nitrogens with one attached hydrogen (secondary N) is 1. The van der Waals surface area contributed by atoms with Gasteiger partial charge in [-0.05, 0) is 48.1 Å². The summed E-state index contributed by atoms with van der Waals surface area (Å²) in [4.78, 5) is 14.5. The molecule has 24 heavy (non-hydrogen) atoms. The van der Waals surface area contributed by atoms with Crippen LogP contribution in [0.25, 0.3) is 0 Å². The van der Waals surface area contributed by atoms with E-state index in [1.807, 2.05) is 12.1 Å². The molecule has 3 heteroatoms. The summed E-state index contributed by atoms with van der Waals surface area (Å²) in [5, 5.41) is 2.96. The number of hydrogen-bond donors (Lipinski definition) is 1. The lowest BCUT2D eigenvalue weighted by Crippen LogP contribution is -2.29. The Morgan fingerprint density at radius 2 is 1.88 bits per heavy atom. The van der Waals surface area contributed by atoms with Gasteiger partial charge in [-0.1, -0.05) is 44.2 Å². The molecule has 0 bridgehead atoms. The lowest BCUT2D eigenvalue weighted by Gasteiger charge is -2.31. The third-order valence-corrected chi connectivity index (χ3v) is 4.47. The van der Waals surface area contributed by atoms with Crippen LogP contribution in [0.1, 0.15) is 41.8 Å². The van der Waals surface area contributed by atoms with Crippen LogP contribution >= 0.6 is 0 Å². The molecule has 1 N–H and O–H groups in total. The molecule has 0 aromatic heterocycles. The molecular formula is C21H26N2O. The first-order chi connectivity index (χ1) is 11.6. The van der Waals surface area contributed by atoms with Crippen LogP contribution in [0, 0.1) is 5.92 Å². The third-order valence-electron chi connectivity index (χ3n) is 4.47. The maximum absolute atomic E-state index is 12.1. The van der Waals surface area contributed by atoms with Gasteiger partial charge in [0.1, 0.15) is 0 Å². The van der Waals surface area contributed by atoms with Gasteiger partial charge in [0, 0.05) is 30.9 Å². The molecule has 3 rings (SSSR count). The van der Waals surface area contributed by atoms with Crippen molar-refractivity contribution >= 4 is 11.6 Å². The molecule has 0 saturated heterocycles. The highest BCUT2D eigenvalue weighted by atomic mass is 16.1. The van der Waals surface area contributed by atoms with Gasteiger partial charge in [-0.2, -0.15) is 0 Å². The molecule has 0 spiro atoms. The van der Waals surface area contributed by atoms with Crippen LogP contribution in [-0.4, -0.2) is 19.0 Å². The van der Waals surface area contributed by atoms with E-state index in [1.54, 1.807) is 0 Å². The summed E-state index contributed by atoms with van der Waals surface area (Å²) < 4.78 is 0. The molecule has 1 heterocycles. The Bertz CT molecular complexity index is 691. The van der Waals surface area contributed by atoms with E-state index in [1.165, 1.54) is 29.7 Å². The first-order valence-corrected chi connectivity index (χ1v) is 8.83. The van der Waals surface area contributed by atoms with Crippen molar-refractivity contribution in [2.24, 2.45) is 5.92 Å². The zero-order chi connectivity index (χ0) is 16.9. The summed E-state index contributed by atoms with van der Waals surface area (Å²) in [5.41, 5.74) is 4.77. The lowest BCUT2D eigenvalue weighted by atomic mass is 10.0. The fraction of sp³-hybridized carbons (Fsp3) is 0.381. The molecular weight excluding hydrogens is 296 g/mol. The first kappa shape index (κ1) is 16.6. The molecule has 2 aromatic rings. The Kier molecular flexibility index (Phi) is 5.19. The normalized spacial score (nSPS) is 13.7. The fourth-order valence-corrected chi connectivity index (χ4v) is 3.16. The van der Waals surface area contributed by atoms with Crippen LogP contribution in [0.15, 0.2) is 48.5 Å². The van der Waals surface area contributed by atoms with Gasteiger partial charge in [-0.15, -0.1) is 0 Å². The number of fused-ring (bicyclic) bond motifs is 1. The number of aryl methyl sites for hydroxylation is 1. The summed E-state index contributed by atoms with van der Waals surface area (Å²) in [6, 6.07) is 16.7. The Labute approximate surface area is 144 Å². The van der Waals surface area contributed by atoms with Gasteiger partial charge in [0.05, 0.1) is 0 Å². The van der Waals surface area contributed by atoms with E-state index in [2.05, 4.69) is 60.5 Å². The summed E-state index contributed by atoms with van der Waals surface area (Å²) in [7, 11) is 0. The van der Waals surface area contributed by atoms with E-state index in [0.717, 1.165) is 18.7 Å². The number of carbonyl (C=O) groups excluding carboxylic acids is 1. The SMILES string of the molecule is CC(C)CNC(=O)c1ccc(CN2CCCc3ccccc32)cc1. The van der Waals surface area contributed by atoms with Crippen molar-refractivity contribution < 1.29 is 4.79 Å². The maximum Gasteiger partial charge on any atom is 0.251 e. The van der Waals surface area contributed by atoms with E-state index in [4.69, 9.17) is 0 Å². The molecule has 1 aliphatic rings. The van der Waals surface area contributed by atoms with Gasteiger partial charge < -0.3 is 10.2 Å². The Morgan fingerprint density at radius 3 is 2.62 bits per heavy atom. The second kappa shape index (κ2) is 7.52.